The fourth-order valence-electron chi connectivity index (χ4n) is 1.38. The quantitative estimate of drug-likeness (QED) is 0.897. The van der Waals surface area contributed by atoms with Crippen molar-refractivity contribution < 1.29 is 13.2 Å². The molecule has 0 saturated heterocycles. The predicted molar refractivity (Wildman–Crippen MR) is 56.3 cm³/mol. The summed E-state index contributed by atoms with van der Waals surface area (Å²) in [5.41, 5.74) is 5.08. The number of halogens is 4. The second-order valence-corrected chi connectivity index (χ2v) is 3.84. The zero-order valence-corrected chi connectivity index (χ0v) is 9.44. The highest BCUT2D eigenvalue weighted by Gasteiger charge is 2.32. The maximum Gasteiger partial charge on any atom is 0.417 e. The van der Waals surface area contributed by atoms with Crippen LogP contribution in [0.1, 0.15) is 30.5 Å². The Kier molecular flexibility index (Phi) is 4.15. The number of rotatable bonds is 3. The molecule has 16 heavy (non-hydrogen) atoms. The van der Waals surface area contributed by atoms with E-state index in [1.165, 1.54) is 0 Å². The number of aromatic nitrogens is 1. The lowest BCUT2D eigenvalue weighted by Gasteiger charge is -2.14. The SMILES string of the molecule is CCC(CN)c1ncc(C(F)(F)F)cc1Cl. The first-order chi connectivity index (χ1) is 7.40. The Morgan fingerprint density at radius 2 is 2.12 bits per heavy atom. The predicted octanol–water partition coefficient (Wildman–Crippen LogP) is 3.21. The smallest absolute Gasteiger partial charge is 0.330 e. The van der Waals surface area contributed by atoms with Crippen LogP contribution >= 0.6 is 11.6 Å². The second-order valence-electron chi connectivity index (χ2n) is 3.43. The molecular formula is C10H12ClF3N2. The van der Waals surface area contributed by atoms with Crippen molar-refractivity contribution in [3.05, 3.63) is 28.5 Å². The van der Waals surface area contributed by atoms with Crippen LogP contribution in [-0.4, -0.2) is 11.5 Å². The monoisotopic (exact) mass is 252 g/mol. The number of nitrogens with two attached hydrogens (primary N) is 1. The third-order valence-electron chi connectivity index (χ3n) is 2.36. The van der Waals surface area contributed by atoms with Gasteiger partial charge in [0.1, 0.15) is 0 Å². The highest BCUT2D eigenvalue weighted by atomic mass is 35.5. The maximum absolute atomic E-state index is 12.3. The Bertz CT molecular complexity index is 362. The van der Waals surface area contributed by atoms with E-state index < -0.39 is 11.7 Å². The Labute approximate surface area is 96.6 Å². The summed E-state index contributed by atoms with van der Waals surface area (Å²) in [7, 11) is 0. The lowest BCUT2D eigenvalue weighted by Crippen LogP contribution is -2.14. The maximum atomic E-state index is 12.3. The third-order valence-corrected chi connectivity index (χ3v) is 2.66. The molecule has 1 rings (SSSR count). The molecule has 1 atom stereocenters. The van der Waals surface area contributed by atoms with Gasteiger partial charge in [0.2, 0.25) is 0 Å². The van der Waals surface area contributed by atoms with Crippen LogP contribution in [0.3, 0.4) is 0 Å². The third kappa shape index (κ3) is 2.86. The molecule has 0 aliphatic carbocycles. The lowest BCUT2D eigenvalue weighted by molar-refractivity contribution is -0.137. The first-order valence-corrected chi connectivity index (χ1v) is 5.20. The van der Waals surface area contributed by atoms with E-state index in [0.29, 0.717) is 18.7 Å². The van der Waals surface area contributed by atoms with Crippen molar-refractivity contribution in [1.82, 2.24) is 4.98 Å². The zero-order valence-electron chi connectivity index (χ0n) is 8.68. The highest BCUT2D eigenvalue weighted by molar-refractivity contribution is 6.31. The van der Waals surface area contributed by atoms with Gasteiger partial charge in [-0.15, -0.1) is 0 Å². The Morgan fingerprint density at radius 3 is 2.50 bits per heavy atom. The van der Waals surface area contributed by atoms with E-state index >= 15 is 0 Å². The van der Waals surface area contributed by atoms with Gasteiger partial charge in [0.05, 0.1) is 16.3 Å². The molecule has 0 aliphatic rings. The number of pyridine rings is 1. The lowest BCUT2D eigenvalue weighted by atomic mass is 10.0. The van der Waals surface area contributed by atoms with Crippen LogP contribution in [0.5, 0.6) is 0 Å². The molecule has 0 aliphatic heterocycles. The van der Waals surface area contributed by atoms with E-state index in [4.69, 9.17) is 17.3 Å². The van der Waals surface area contributed by atoms with Crippen LogP contribution in [0.2, 0.25) is 5.02 Å². The average molecular weight is 253 g/mol. The van der Waals surface area contributed by atoms with Gasteiger partial charge in [-0.1, -0.05) is 18.5 Å². The van der Waals surface area contributed by atoms with Crippen LogP contribution in [0.4, 0.5) is 13.2 Å². The van der Waals surface area contributed by atoms with Crippen molar-refractivity contribution in [2.24, 2.45) is 5.73 Å². The van der Waals surface area contributed by atoms with Gasteiger partial charge >= 0.3 is 6.18 Å². The summed E-state index contributed by atoms with van der Waals surface area (Å²) < 4.78 is 37.0. The molecule has 2 nitrogen and oxygen atoms in total. The first-order valence-electron chi connectivity index (χ1n) is 4.82. The molecule has 0 aromatic carbocycles. The summed E-state index contributed by atoms with van der Waals surface area (Å²) in [5, 5.41) is 0.0205. The van der Waals surface area contributed by atoms with Gasteiger partial charge in [0, 0.05) is 18.7 Å². The van der Waals surface area contributed by atoms with Crippen molar-refractivity contribution in [3.63, 3.8) is 0 Å². The summed E-state index contributed by atoms with van der Waals surface area (Å²) in [6.07, 6.45) is -2.94. The van der Waals surface area contributed by atoms with Gasteiger partial charge in [0.15, 0.2) is 0 Å². The molecule has 1 unspecified atom stereocenters. The van der Waals surface area contributed by atoms with Gasteiger partial charge in [-0.2, -0.15) is 13.2 Å². The summed E-state index contributed by atoms with van der Waals surface area (Å²) in [4.78, 5) is 3.75. The van der Waals surface area contributed by atoms with Crippen molar-refractivity contribution >= 4 is 11.6 Å². The Hall–Kier alpha value is -0.810. The molecule has 1 aromatic rings. The van der Waals surface area contributed by atoms with Crippen molar-refractivity contribution in [2.45, 2.75) is 25.4 Å². The fourth-order valence-corrected chi connectivity index (χ4v) is 1.70. The highest BCUT2D eigenvalue weighted by Crippen LogP contribution is 2.33. The van der Waals surface area contributed by atoms with E-state index in [1.54, 1.807) is 0 Å². The summed E-state index contributed by atoms with van der Waals surface area (Å²) >= 11 is 5.77. The number of hydrogen-bond acceptors (Lipinski definition) is 2. The minimum atomic E-state index is -4.42. The van der Waals surface area contributed by atoms with Crippen LogP contribution in [-0.2, 0) is 6.18 Å². The van der Waals surface area contributed by atoms with E-state index in [1.807, 2.05) is 6.92 Å². The number of hydrogen-bond donors (Lipinski definition) is 1. The Morgan fingerprint density at radius 1 is 1.50 bits per heavy atom. The molecule has 90 valence electrons. The topological polar surface area (TPSA) is 38.9 Å². The second kappa shape index (κ2) is 5.01. The standard InChI is InChI=1S/C10H12ClF3N2/c1-2-6(4-15)9-8(11)3-7(5-16-9)10(12,13)14/h3,5-6H,2,4,15H2,1H3. The average Bonchev–Trinajstić information content (AvgIpc) is 2.20. The molecule has 0 saturated carbocycles. The summed E-state index contributed by atoms with van der Waals surface area (Å²) in [6, 6.07) is 0.891. The summed E-state index contributed by atoms with van der Waals surface area (Å²) in [6.45, 7) is 2.20. The van der Waals surface area contributed by atoms with Gasteiger partial charge in [-0.25, -0.2) is 0 Å². The van der Waals surface area contributed by atoms with Crippen molar-refractivity contribution in [1.29, 1.82) is 0 Å². The van der Waals surface area contributed by atoms with Crippen LogP contribution in [0, 0.1) is 0 Å². The van der Waals surface area contributed by atoms with Gasteiger partial charge in [0.25, 0.3) is 0 Å². The van der Waals surface area contributed by atoms with E-state index in [2.05, 4.69) is 4.98 Å². The molecule has 2 N–H and O–H groups in total. The van der Waals surface area contributed by atoms with E-state index in [-0.39, 0.29) is 10.9 Å². The van der Waals surface area contributed by atoms with Gasteiger partial charge in [-0.3, -0.25) is 4.98 Å². The normalized spacial score (nSPS) is 13.9. The summed E-state index contributed by atoms with van der Waals surface area (Å²) in [5.74, 6) is -0.102. The minimum absolute atomic E-state index is 0.0205. The molecule has 0 radical (unpaired) electrons. The fraction of sp³-hybridized carbons (Fsp3) is 0.500. The molecule has 1 aromatic heterocycles. The van der Waals surface area contributed by atoms with E-state index in [0.717, 1.165) is 12.3 Å². The van der Waals surface area contributed by atoms with Gasteiger partial charge < -0.3 is 5.73 Å². The van der Waals surface area contributed by atoms with Crippen LogP contribution < -0.4 is 5.73 Å². The molecule has 0 spiro atoms. The first kappa shape index (κ1) is 13.3. The van der Waals surface area contributed by atoms with E-state index in [9.17, 15) is 13.2 Å². The molecule has 1 heterocycles. The molecular weight excluding hydrogens is 241 g/mol. The molecule has 0 amide bonds. The molecule has 0 fully saturated rings. The molecule has 0 bridgehead atoms. The minimum Gasteiger partial charge on any atom is -0.330 e. The molecule has 6 heteroatoms. The van der Waals surface area contributed by atoms with Crippen LogP contribution in [0.15, 0.2) is 12.3 Å². The Balaban J connectivity index is 3.09. The van der Waals surface area contributed by atoms with Gasteiger partial charge in [-0.05, 0) is 12.5 Å². The largest absolute Gasteiger partial charge is 0.417 e. The van der Waals surface area contributed by atoms with Crippen molar-refractivity contribution in [2.75, 3.05) is 6.54 Å². The van der Waals surface area contributed by atoms with Crippen LogP contribution in [0.25, 0.3) is 0 Å². The number of alkyl halides is 3. The zero-order chi connectivity index (χ0) is 12.3. The van der Waals surface area contributed by atoms with Crippen molar-refractivity contribution in [3.8, 4) is 0 Å². The number of nitrogens with zero attached hydrogens (tertiary/aromatic N) is 1.